The number of rotatable bonds is 3. The van der Waals surface area contributed by atoms with E-state index in [1.807, 2.05) is 35.2 Å². The third-order valence-corrected chi connectivity index (χ3v) is 4.43. The summed E-state index contributed by atoms with van der Waals surface area (Å²) in [4.78, 5) is 14.7. The van der Waals surface area contributed by atoms with E-state index in [1.165, 1.54) is 11.1 Å². The summed E-state index contributed by atoms with van der Waals surface area (Å²) in [5.74, 6) is 0.191. The molecule has 0 aliphatic carbocycles. The summed E-state index contributed by atoms with van der Waals surface area (Å²) in [6.07, 6.45) is 2.54. The molecule has 0 aromatic heterocycles. The molecule has 1 unspecified atom stereocenters. The fraction of sp³-hybridized carbons (Fsp3) is 0.316. The van der Waals surface area contributed by atoms with Gasteiger partial charge in [-0.3, -0.25) is 4.79 Å². The maximum absolute atomic E-state index is 12.7. The molecule has 0 bridgehead atoms. The molecular formula is C19H22N2O. The van der Waals surface area contributed by atoms with Crippen LogP contribution in [-0.2, 0) is 11.2 Å². The summed E-state index contributed by atoms with van der Waals surface area (Å²) in [6.45, 7) is 2.97. The van der Waals surface area contributed by atoms with Crippen LogP contribution in [0.25, 0.3) is 0 Å². The molecule has 1 amide bonds. The summed E-state index contributed by atoms with van der Waals surface area (Å²) in [5.41, 5.74) is 10.0. The number of nitrogens with two attached hydrogens (primary N) is 1. The molecule has 22 heavy (non-hydrogen) atoms. The van der Waals surface area contributed by atoms with E-state index in [2.05, 4.69) is 25.1 Å². The molecule has 1 atom stereocenters. The number of anilines is 1. The second kappa shape index (κ2) is 6.22. The molecule has 3 heteroatoms. The maximum atomic E-state index is 12.7. The SMILES string of the molecule is Cc1ccccc1C1CCCN1C(=O)Cc1cccc(N)c1. The summed E-state index contributed by atoms with van der Waals surface area (Å²) in [5, 5.41) is 0. The van der Waals surface area contributed by atoms with Gasteiger partial charge in [-0.25, -0.2) is 0 Å². The Morgan fingerprint density at radius 2 is 2.05 bits per heavy atom. The van der Waals surface area contributed by atoms with E-state index in [-0.39, 0.29) is 11.9 Å². The molecule has 1 fully saturated rings. The van der Waals surface area contributed by atoms with Crippen LogP contribution in [0.3, 0.4) is 0 Å². The highest BCUT2D eigenvalue weighted by atomic mass is 16.2. The minimum Gasteiger partial charge on any atom is -0.399 e. The van der Waals surface area contributed by atoms with Crippen molar-refractivity contribution in [3.8, 4) is 0 Å². The minimum atomic E-state index is 0.191. The van der Waals surface area contributed by atoms with E-state index in [0.29, 0.717) is 12.1 Å². The topological polar surface area (TPSA) is 46.3 Å². The molecule has 2 aromatic rings. The van der Waals surface area contributed by atoms with Crippen molar-refractivity contribution in [2.24, 2.45) is 0 Å². The number of aryl methyl sites for hydroxylation is 1. The molecule has 3 nitrogen and oxygen atoms in total. The van der Waals surface area contributed by atoms with Crippen molar-refractivity contribution >= 4 is 11.6 Å². The van der Waals surface area contributed by atoms with Crippen LogP contribution in [0.15, 0.2) is 48.5 Å². The number of nitrogen functional groups attached to an aromatic ring is 1. The fourth-order valence-corrected chi connectivity index (χ4v) is 3.33. The van der Waals surface area contributed by atoms with Crippen LogP contribution < -0.4 is 5.73 Å². The largest absolute Gasteiger partial charge is 0.399 e. The summed E-state index contributed by atoms with van der Waals surface area (Å²) in [7, 11) is 0. The number of carbonyl (C=O) groups is 1. The predicted molar refractivity (Wildman–Crippen MR) is 89.4 cm³/mol. The molecule has 0 spiro atoms. The van der Waals surface area contributed by atoms with Crippen molar-refractivity contribution in [3.05, 3.63) is 65.2 Å². The van der Waals surface area contributed by atoms with Gasteiger partial charge >= 0.3 is 0 Å². The number of benzene rings is 2. The van der Waals surface area contributed by atoms with Gasteiger partial charge in [-0.1, -0.05) is 36.4 Å². The number of nitrogens with zero attached hydrogens (tertiary/aromatic N) is 1. The lowest BCUT2D eigenvalue weighted by Crippen LogP contribution is -2.32. The van der Waals surface area contributed by atoms with Gasteiger partial charge in [-0.2, -0.15) is 0 Å². The lowest BCUT2D eigenvalue weighted by molar-refractivity contribution is -0.131. The second-order valence-electron chi connectivity index (χ2n) is 6.02. The summed E-state index contributed by atoms with van der Waals surface area (Å²) in [6, 6.07) is 16.2. The van der Waals surface area contributed by atoms with Crippen LogP contribution in [0.5, 0.6) is 0 Å². The molecule has 1 heterocycles. The predicted octanol–water partition coefficient (Wildman–Crippen LogP) is 3.48. The van der Waals surface area contributed by atoms with Gasteiger partial charge in [0, 0.05) is 12.2 Å². The average Bonchev–Trinajstić information content (AvgIpc) is 2.97. The Morgan fingerprint density at radius 3 is 2.82 bits per heavy atom. The maximum Gasteiger partial charge on any atom is 0.227 e. The molecule has 1 saturated heterocycles. The molecular weight excluding hydrogens is 272 g/mol. The van der Waals surface area contributed by atoms with Gasteiger partial charge in [0.15, 0.2) is 0 Å². The normalized spacial score (nSPS) is 17.7. The first-order valence-electron chi connectivity index (χ1n) is 7.84. The Bertz CT molecular complexity index is 681. The van der Waals surface area contributed by atoms with Gasteiger partial charge in [-0.05, 0) is 48.6 Å². The summed E-state index contributed by atoms with van der Waals surface area (Å²) < 4.78 is 0. The number of amides is 1. The van der Waals surface area contributed by atoms with Gasteiger partial charge in [0.05, 0.1) is 12.5 Å². The van der Waals surface area contributed by atoms with E-state index in [9.17, 15) is 4.79 Å². The minimum absolute atomic E-state index is 0.191. The number of hydrogen-bond acceptors (Lipinski definition) is 2. The van der Waals surface area contributed by atoms with Gasteiger partial charge < -0.3 is 10.6 Å². The highest BCUT2D eigenvalue weighted by molar-refractivity contribution is 5.80. The number of likely N-dealkylation sites (tertiary alicyclic amines) is 1. The highest BCUT2D eigenvalue weighted by Gasteiger charge is 2.30. The monoisotopic (exact) mass is 294 g/mol. The molecule has 2 N–H and O–H groups in total. The van der Waals surface area contributed by atoms with Crippen LogP contribution in [0.2, 0.25) is 0 Å². The van der Waals surface area contributed by atoms with E-state index >= 15 is 0 Å². The average molecular weight is 294 g/mol. The Labute approximate surface area is 131 Å². The van der Waals surface area contributed by atoms with Crippen LogP contribution in [0.1, 0.15) is 35.6 Å². The zero-order valence-electron chi connectivity index (χ0n) is 13.0. The van der Waals surface area contributed by atoms with Gasteiger partial charge in [0.2, 0.25) is 5.91 Å². The van der Waals surface area contributed by atoms with Gasteiger partial charge in [0.1, 0.15) is 0 Å². The Morgan fingerprint density at radius 1 is 1.23 bits per heavy atom. The van der Waals surface area contributed by atoms with Crippen LogP contribution in [0, 0.1) is 6.92 Å². The molecule has 1 aliphatic heterocycles. The van der Waals surface area contributed by atoms with Gasteiger partial charge in [-0.15, -0.1) is 0 Å². The van der Waals surface area contributed by atoms with E-state index in [1.54, 1.807) is 0 Å². The molecule has 0 saturated carbocycles. The first-order chi connectivity index (χ1) is 10.6. The standard InChI is InChI=1S/C19H22N2O/c1-14-6-2-3-9-17(14)18-10-5-11-21(18)19(22)13-15-7-4-8-16(20)12-15/h2-4,6-9,12,18H,5,10-11,13,20H2,1H3. The zero-order valence-corrected chi connectivity index (χ0v) is 13.0. The van der Waals surface area contributed by atoms with Gasteiger partial charge in [0.25, 0.3) is 0 Å². The van der Waals surface area contributed by atoms with Crippen molar-refractivity contribution in [2.75, 3.05) is 12.3 Å². The third-order valence-electron chi connectivity index (χ3n) is 4.43. The van der Waals surface area contributed by atoms with Crippen LogP contribution in [0.4, 0.5) is 5.69 Å². The zero-order chi connectivity index (χ0) is 15.5. The van der Waals surface area contributed by atoms with E-state index in [4.69, 9.17) is 5.73 Å². The van der Waals surface area contributed by atoms with Crippen molar-refractivity contribution in [1.29, 1.82) is 0 Å². The lowest BCUT2D eigenvalue weighted by Gasteiger charge is -2.26. The number of hydrogen-bond donors (Lipinski definition) is 1. The Kier molecular flexibility index (Phi) is 4.14. The molecule has 1 aliphatic rings. The third kappa shape index (κ3) is 2.98. The van der Waals surface area contributed by atoms with E-state index < -0.39 is 0 Å². The lowest BCUT2D eigenvalue weighted by atomic mass is 9.99. The molecule has 2 aromatic carbocycles. The Balaban J connectivity index is 1.78. The van der Waals surface area contributed by atoms with Crippen molar-refractivity contribution < 1.29 is 4.79 Å². The van der Waals surface area contributed by atoms with Crippen LogP contribution in [-0.4, -0.2) is 17.4 Å². The quantitative estimate of drug-likeness (QED) is 0.881. The highest BCUT2D eigenvalue weighted by Crippen LogP contribution is 2.34. The molecule has 0 radical (unpaired) electrons. The van der Waals surface area contributed by atoms with E-state index in [0.717, 1.165) is 24.9 Å². The first kappa shape index (κ1) is 14.6. The van der Waals surface area contributed by atoms with Crippen LogP contribution >= 0.6 is 0 Å². The first-order valence-corrected chi connectivity index (χ1v) is 7.84. The van der Waals surface area contributed by atoms with Crippen molar-refractivity contribution in [1.82, 2.24) is 4.90 Å². The Hall–Kier alpha value is -2.29. The van der Waals surface area contributed by atoms with Crippen molar-refractivity contribution in [3.63, 3.8) is 0 Å². The second-order valence-corrected chi connectivity index (χ2v) is 6.02. The van der Waals surface area contributed by atoms with Crippen molar-refractivity contribution in [2.45, 2.75) is 32.2 Å². The molecule has 114 valence electrons. The summed E-state index contributed by atoms with van der Waals surface area (Å²) >= 11 is 0. The smallest absolute Gasteiger partial charge is 0.227 e. The fourth-order valence-electron chi connectivity index (χ4n) is 3.33. The number of carbonyl (C=O) groups excluding carboxylic acids is 1. The molecule has 3 rings (SSSR count).